The molecule has 3 heteroatoms. The van der Waals surface area contributed by atoms with Gasteiger partial charge in [-0.3, -0.25) is 0 Å². The predicted octanol–water partition coefficient (Wildman–Crippen LogP) is 2.82. The molecule has 0 aliphatic rings. The van der Waals surface area contributed by atoms with Gasteiger partial charge in [0.25, 0.3) is 0 Å². The lowest BCUT2D eigenvalue weighted by molar-refractivity contribution is 0.280. The number of hydrogen-bond donors (Lipinski definition) is 1. The molecule has 1 N–H and O–H groups in total. The van der Waals surface area contributed by atoms with E-state index in [9.17, 15) is 5.11 Å². The minimum absolute atomic E-state index is 0.0569. The standard InChI is InChI=1S/C14H24N2O/c1-6-12(5)16(7-2)14-13(9-17)10(3)8-11(4)15-14/h8,12,17H,6-7,9H2,1-5H3. The van der Waals surface area contributed by atoms with Crippen LogP contribution in [0.3, 0.4) is 0 Å². The summed E-state index contributed by atoms with van der Waals surface area (Å²) in [4.78, 5) is 6.88. The average Bonchev–Trinajstić information content (AvgIpc) is 2.29. The topological polar surface area (TPSA) is 36.4 Å². The van der Waals surface area contributed by atoms with Gasteiger partial charge in [-0.25, -0.2) is 4.98 Å². The normalized spacial score (nSPS) is 12.6. The van der Waals surface area contributed by atoms with E-state index in [2.05, 4.69) is 30.7 Å². The quantitative estimate of drug-likeness (QED) is 0.854. The van der Waals surface area contributed by atoms with Crippen molar-refractivity contribution in [2.24, 2.45) is 0 Å². The molecule has 0 saturated heterocycles. The van der Waals surface area contributed by atoms with Crippen molar-refractivity contribution >= 4 is 5.82 Å². The van der Waals surface area contributed by atoms with Crippen LogP contribution in [0.5, 0.6) is 0 Å². The van der Waals surface area contributed by atoms with Crippen LogP contribution < -0.4 is 4.90 Å². The van der Waals surface area contributed by atoms with Crippen LogP contribution in [0.15, 0.2) is 6.07 Å². The van der Waals surface area contributed by atoms with Crippen molar-refractivity contribution in [1.29, 1.82) is 0 Å². The molecule has 0 aromatic carbocycles. The first kappa shape index (κ1) is 14.0. The van der Waals surface area contributed by atoms with E-state index in [1.165, 1.54) is 0 Å². The van der Waals surface area contributed by atoms with Crippen LogP contribution in [0.2, 0.25) is 0 Å². The van der Waals surface area contributed by atoms with Gasteiger partial charge < -0.3 is 10.0 Å². The second-order valence-corrected chi connectivity index (χ2v) is 4.58. The highest BCUT2D eigenvalue weighted by atomic mass is 16.3. The Morgan fingerprint density at radius 2 is 2.00 bits per heavy atom. The van der Waals surface area contributed by atoms with E-state index in [1.807, 2.05) is 19.9 Å². The summed E-state index contributed by atoms with van der Waals surface area (Å²) in [6.45, 7) is 11.5. The summed E-state index contributed by atoms with van der Waals surface area (Å²) in [7, 11) is 0. The third kappa shape index (κ3) is 2.97. The van der Waals surface area contributed by atoms with Crippen molar-refractivity contribution in [3.8, 4) is 0 Å². The summed E-state index contributed by atoms with van der Waals surface area (Å²) in [5, 5.41) is 9.52. The Morgan fingerprint density at radius 3 is 2.47 bits per heavy atom. The Kier molecular flexibility index (Phi) is 4.94. The molecule has 0 aliphatic heterocycles. The van der Waals surface area contributed by atoms with Gasteiger partial charge in [-0.1, -0.05) is 6.92 Å². The maximum Gasteiger partial charge on any atom is 0.134 e. The lowest BCUT2D eigenvalue weighted by Crippen LogP contribution is -2.34. The fourth-order valence-electron chi connectivity index (χ4n) is 2.17. The maximum atomic E-state index is 9.52. The molecule has 0 aliphatic carbocycles. The van der Waals surface area contributed by atoms with Gasteiger partial charge in [0.05, 0.1) is 6.61 Å². The molecule has 17 heavy (non-hydrogen) atoms. The number of aryl methyl sites for hydroxylation is 2. The zero-order valence-electron chi connectivity index (χ0n) is 11.6. The minimum atomic E-state index is 0.0569. The Labute approximate surface area is 104 Å². The van der Waals surface area contributed by atoms with E-state index in [0.717, 1.165) is 35.6 Å². The molecule has 1 atom stereocenters. The number of aliphatic hydroxyl groups excluding tert-OH is 1. The van der Waals surface area contributed by atoms with Gasteiger partial charge in [-0.05, 0) is 45.7 Å². The van der Waals surface area contributed by atoms with E-state index >= 15 is 0 Å². The third-order valence-electron chi connectivity index (χ3n) is 3.35. The lowest BCUT2D eigenvalue weighted by Gasteiger charge is -2.30. The van der Waals surface area contributed by atoms with E-state index in [1.54, 1.807) is 0 Å². The zero-order chi connectivity index (χ0) is 13.0. The van der Waals surface area contributed by atoms with Crippen molar-refractivity contribution in [2.45, 2.75) is 53.7 Å². The molecule has 0 radical (unpaired) electrons. The number of aromatic nitrogens is 1. The Bertz CT molecular complexity index is 377. The van der Waals surface area contributed by atoms with Crippen molar-refractivity contribution in [3.63, 3.8) is 0 Å². The number of hydrogen-bond acceptors (Lipinski definition) is 3. The van der Waals surface area contributed by atoms with Crippen LogP contribution >= 0.6 is 0 Å². The highest BCUT2D eigenvalue weighted by Gasteiger charge is 2.17. The van der Waals surface area contributed by atoms with Crippen LogP contribution in [-0.2, 0) is 6.61 Å². The molecule has 3 nitrogen and oxygen atoms in total. The van der Waals surface area contributed by atoms with Crippen LogP contribution in [0, 0.1) is 13.8 Å². The third-order valence-corrected chi connectivity index (χ3v) is 3.35. The summed E-state index contributed by atoms with van der Waals surface area (Å²) < 4.78 is 0. The molecular formula is C14H24N2O. The van der Waals surface area contributed by atoms with Crippen LogP contribution in [0.4, 0.5) is 5.82 Å². The largest absolute Gasteiger partial charge is 0.392 e. The van der Waals surface area contributed by atoms with E-state index < -0.39 is 0 Å². The molecular weight excluding hydrogens is 212 g/mol. The molecule has 1 heterocycles. The van der Waals surface area contributed by atoms with E-state index in [0.29, 0.717) is 6.04 Å². The molecule has 1 aromatic rings. The van der Waals surface area contributed by atoms with Crippen molar-refractivity contribution in [1.82, 2.24) is 4.98 Å². The molecule has 0 spiro atoms. The summed E-state index contributed by atoms with van der Waals surface area (Å²) in [6, 6.07) is 2.47. The second kappa shape index (κ2) is 6.01. The van der Waals surface area contributed by atoms with Gasteiger partial charge >= 0.3 is 0 Å². The molecule has 96 valence electrons. The monoisotopic (exact) mass is 236 g/mol. The molecule has 0 bridgehead atoms. The zero-order valence-corrected chi connectivity index (χ0v) is 11.6. The van der Waals surface area contributed by atoms with E-state index in [4.69, 9.17) is 0 Å². The Hall–Kier alpha value is -1.09. The maximum absolute atomic E-state index is 9.52. The highest BCUT2D eigenvalue weighted by Crippen LogP contribution is 2.24. The fraction of sp³-hybridized carbons (Fsp3) is 0.643. The number of rotatable bonds is 5. The number of nitrogens with zero attached hydrogens (tertiary/aromatic N) is 2. The second-order valence-electron chi connectivity index (χ2n) is 4.58. The van der Waals surface area contributed by atoms with Crippen LogP contribution in [-0.4, -0.2) is 22.7 Å². The lowest BCUT2D eigenvalue weighted by atomic mass is 10.1. The highest BCUT2D eigenvalue weighted by molar-refractivity contribution is 5.52. The SMILES string of the molecule is CCC(C)N(CC)c1nc(C)cc(C)c1CO. The van der Waals surface area contributed by atoms with Crippen molar-refractivity contribution in [2.75, 3.05) is 11.4 Å². The Morgan fingerprint density at radius 1 is 1.35 bits per heavy atom. The molecule has 0 saturated carbocycles. The van der Waals surface area contributed by atoms with Gasteiger partial charge in [0.15, 0.2) is 0 Å². The van der Waals surface area contributed by atoms with Gasteiger partial charge in [0.2, 0.25) is 0 Å². The van der Waals surface area contributed by atoms with E-state index in [-0.39, 0.29) is 6.61 Å². The summed E-state index contributed by atoms with van der Waals surface area (Å²) >= 11 is 0. The first-order valence-corrected chi connectivity index (χ1v) is 6.39. The number of aliphatic hydroxyl groups is 1. The first-order chi connectivity index (χ1) is 8.04. The first-order valence-electron chi connectivity index (χ1n) is 6.39. The van der Waals surface area contributed by atoms with Gasteiger partial charge in [0.1, 0.15) is 5.82 Å². The predicted molar refractivity (Wildman–Crippen MR) is 72.4 cm³/mol. The average molecular weight is 236 g/mol. The van der Waals surface area contributed by atoms with Crippen molar-refractivity contribution < 1.29 is 5.11 Å². The van der Waals surface area contributed by atoms with Crippen molar-refractivity contribution in [3.05, 3.63) is 22.9 Å². The molecule has 1 unspecified atom stereocenters. The van der Waals surface area contributed by atoms with Crippen LogP contribution in [0.25, 0.3) is 0 Å². The minimum Gasteiger partial charge on any atom is -0.392 e. The van der Waals surface area contributed by atoms with Gasteiger partial charge in [-0.15, -0.1) is 0 Å². The Balaban J connectivity index is 3.26. The molecule has 1 aromatic heterocycles. The summed E-state index contributed by atoms with van der Waals surface area (Å²) in [5.74, 6) is 0.946. The number of pyridine rings is 1. The molecule has 1 rings (SSSR count). The number of anilines is 1. The summed E-state index contributed by atoms with van der Waals surface area (Å²) in [5.41, 5.74) is 3.09. The molecule has 0 fully saturated rings. The fourth-order valence-corrected chi connectivity index (χ4v) is 2.17. The summed E-state index contributed by atoms with van der Waals surface area (Å²) in [6.07, 6.45) is 1.08. The van der Waals surface area contributed by atoms with Gasteiger partial charge in [-0.2, -0.15) is 0 Å². The van der Waals surface area contributed by atoms with Gasteiger partial charge in [0, 0.05) is 23.8 Å². The smallest absolute Gasteiger partial charge is 0.134 e. The van der Waals surface area contributed by atoms with Crippen LogP contribution in [0.1, 0.15) is 44.0 Å². The molecule has 0 amide bonds.